The Balaban J connectivity index is 0.00000180. The Kier molecular flexibility index (Phi) is 6.60. The van der Waals surface area contributed by atoms with Gasteiger partial charge in [0, 0.05) is 30.1 Å². The molecule has 0 aliphatic carbocycles. The molecule has 0 saturated carbocycles. The SMILES string of the molecule is C[C@H]1CN(C(=O)Cc2ccc(Cl)c(Br)c2)CCN1.Cl. The van der Waals surface area contributed by atoms with Gasteiger partial charge in [-0.15, -0.1) is 12.4 Å². The molecule has 106 valence electrons. The molecule has 1 aliphatic heterocycles. The number of nitrogens with one attached hydrogen (secondary N) is 1. The van der Waals surface area contributed by atoms with Crippen LogP contribution < -0.4 is 5.32 Å². The van der Waals surface area contributed by atoms with Crippen LogP contribution in [0.3, 0.4) is 0 Å². The second kappa shape index (κ2) is 7.48. The number of hydrogen-bond donors (Lipinski definition) is 1. The topological polar surface area (TPSA) is 32.3 Å². The molecular formula is C13H17BrCl2N2O. The molecule has 1 aromatic carbocycles. The minimum absolute atomic E-state index is 0. The average molecular weight is 368 g/mol. The van der Waals surface area contributed by atoms with Crippen molar-refractivity contribution in [1.82, 2.24) is 10.2 Å². The van der Waals surface area contributed by atoms with Crippen LogP contribution in [0.1, 0.15) is 12.5 Å². The third-order valence-electron chi connectivity index (χ3n) is 3.06. The molecule has 1 N–H and O–H groups in total. The third-order valence-corrected chi connectivity index (χ3v) is 4.27. The lowest BCUT2D eigenvalue weighted by Crippen LogP contribution is -2.51. The van der Waals surface area contributed by atoms with Gasteiger partial charge in [-0.3, -0.25) is 4.79 Å². The monoisotopic (exact) mass is 366 g/mol. The van der Waals surface area contributed by atoms with Gasteiger partial charge in [0.05, 0.1) is 11.4 Å². The molecule has 1 saturated heterocycles. The van der Waals surface area contributed by atoms with Crippen molar-refractivity contribution < 1.29 is 4.79 Å². The van der Waals surface area contributed by atoms with Crippen molar-refractivity contribution in [1.29, 1.82) is 0 Å². The van der Waals surface area contributed by atoms with E-state index in [0.29, 0.717) is 17.5 Å². The number of nitrogens with zero attached hydrogens (tertiary/aromatic N) is 1. The van der Waals surface area contributed by atoms with Gasteiger partial charge in [0.15, 0.2) is 0 Å². The Bertz CT molecular complexity index is 456. The van der Waals surface area contributed by atoms with Crippen LogP contribution in [0.4, 0.5) is 0 Å². The highest BCUT2D eigenvalue weighted by molar-refractivity contribution is 9.10. The third kappa shape index (κ3) is 4.63. The largest absolute Gasteiger partial charge is 0.340 e. The van der Waals surface area contributed by atoms with E-state index < -0.39 is 0 Å². The second-order valence-electron chi connectivity index (χ2n) is 4.62. The van der Waals surface area contributed by atoms with Crippen LogP contribution in [0.5, 0.6) is 0 Å². The molecule has 0 aromatic heterocycles. The number of rotatable bonds is 2. The zero-order chi connectivity index (χ0) is 13.1. The molecule has 1 heterocycles. The van der Waals surface area contributed by atoms with Gasteiger partial charge in [-0.05, 0) is 40.5 Å². The number of amides is 1. The van der Waals surface area contributed by atoms with Crippen molar-refractivity contribution >= 4 is 45.8 Å². The minimum atomic E-state index is 0. The zero-order valence-electron chi connectivity index (χ0n) is 10.7. The van der Waals surface area contributed by atoms with E-state index in [-0.39, 0.29) is 18.3 Å². The van der Waals surface area contributed by atoms with Crippen molar-refractivity contribution in [3.8, 4) is 0 Å². The first kappa shape index (κ1) is 16.8. The summed E-state index contributed by atoms with van der Waals surface area (Å²) < 4.78 is 0.836. The van der Waals surface area contributed by atoms with Gasteiger partial charge in [-0.1, -0.05) is 17.7 Å². The lowest BCUT2D eigenvalue weighted by molar-refractivity contribution is -0.131. The average Bonchev–Trinajstić information content (AvgIpc) is 2.34. The van der Waals surface area contributed by atoms with Gasteiger partial charge in [0.1, 0.15) is 0 Å². The van der Waals surface area contributed by atoms with E-state index in [1.807, 2.05) is 23.1 Å². The maximum atomic E-state index is 12.2. The number of halogens is 3. The molecule has 0 unspecified atom stereocenters. The van der Waals surface area contributed by atoms with E-state index >= 15 is 0 Å². The molecule has 3 nitrogen and oxygen atoms in total. The lowest BCUT2D eigenvalue weighted by Gasteiger charge is -2.32. The summed E-state index contributed by atoms with van der Waals surface area (Å²) >= 11 is 9.31. The summed E-state index contributed by atoms with van der Waals surface area (Å²) in [5, 5.41) is 4.00. The van der Waals surface area contributed by atoms with Crippen LogP contribution in [0.25, 0.3) is 0 Å². The van der Waals surface area contributed by atoms with Crippen molar-refractivity contribution in [3.05, 3.63) is 33.3 Å². The number of hydrogen-bond acceptors (Lipinski definition) is 2. The Morgan fingerprint density at radius 1 is 1.58 bits per heavy atom. The fraction of sp³-hybridized carbons (Fsp3) is 0.462. The summed E-state index contributed by atoms with van der Waals surface area (Å²) in [6, 6.07) is 6.00. The van der Waals surface area contributed by atoms with Gasteiger partial charge in [-0.25, -0.2) is 0 Å². The summed E-state index contributed by atoms with van der Waals surface area (Å²) in [6.45, 7) is 4.54. The smallest absolute Gasteiger partial charge is 0.227 e. The second-order valence-corrected chi connectivity index (χ2v) is 5.88. The standard InChI is InChI=1S/C13H16BrClN2O.ClH/c1-9-8-17(5-4-16-9)13(18)7-10-2-3-12(15)11(14)6-10;/h2-3,6,9,16H,4-5,7-8H2,1H3;1H/t9-;/m0./s1. The van der Waals surface area contributed by atoms with Crippen molar-refractivity contribution in [2.75, 3.05) is 19.6 Å². The molecule has 1 aliphatic rings. The summed E-state index contributed by atoms with van der Waals surface area (Å²) in [5.41, 5.74) is 0.988. The summed E-state index contributed by atoms with van der Waals surface area (Å²) in [4.78, 5) is 14.1. The molecule has 0 spiro atoms. The Morgan fingerprint density at radius 2 is 2.32 bits per heavy atom. The number of carbonyl (C=O) groups is 1. The zero-order valence-corrected chi connectivity index (χ0v) is 13.8. The first-order valence-corrected chi connectivity index (χ1v) is 7.18. The highest BCUT2D eigenvalue weighted by atomic mass is 79.9. The van der Waals surface area contributed by atoms with Crippen LogP contribution in [0.2, 0.25) is 5.02 Å². The Hall–Kier alpha value is -0.290. The van der Waals surface area contributed by atoms with E-state index in [1.165, 1.54) is 0 Å². The predicted molar refractivity (Wildman–Crippen MR) is 84.1 cm³/mol. The molecule has 1 aromatic rings. The van der Waals surface area contributed by atoms with Crippen molar-refractivity contribution in [2.24, 2.45) is 0 Å². The number of piperazine rings is 1. The van der Waals surface area contributed by atoms with E-state index in [1.54, 1.807) is 0 Å². The van der Waals surface area contributed by atoms with Gasteiger partial charge in [0.2, 0.25) is 5.91 Å². The van der Waals surface area contributed by atoms with Crippen LogP contribution >= 0.6 is 39.9 Å². The normalized spacial score (nSPS) is 18.9. The Labute approximate surface area is 133 Å². The molecule has 2 rings (SSSR count). The molecule has 1 amide bonds. The maximum absolute atomic E-state index is 12.2. The fourth-order valence-corrected chi connectivity index (χ4v) is 2.64. The summed E-state index contributed by atoms with van der Waals surface area (Å²) in [7, 11) is 0. The highest BCUT2D eigenvalue weighted by Crippen LogP contribution is 2.23. The Morgan fingerprint density at radius 3 is 2.95 bits per heavy atom. The van der Waals surface area contributed by atoms with Gasteiger partial charge >= 0.3 is 0 Å². The van der Waals surface area contributed by atoms with Crippen molar-refractivity contribution in [2.45, 2.75) is 19.4 Å². The predicted octanol–water partition coefficient (Wildman–Crippen LogP) is 2.89. The molecule has 1 fully saturated rings. The number of benzene rings is 1. The van der Waals surface area contributed by atoms with Crippen LogP contribution in [-0.2, 0) is 11.2 Å². The minimum Gasteiger partial charge on any atom is -0.340 e. The maximum Gasteiger partial charge on any atom is 0.227 e. The summed E-state index contributed by atoms with van der Waals surface area (Å²) in [6.07, 6.45) is 0.433. The first-order chi connectivity index (χ1) is 8.56. The molecule has 1 atom stereocenters. The van der Waals surface area contributed by atoms with E-state index in [9.17, 15) is 4.79 Å². The van der Waals surface area contributed by atoms with Crippen molar-refractivity contribution in [3.63, 3.8) is 0 Å². The molecule has 0 bridgehead atoms. The molecule has 0 radical (unpaired) electrons. The van der Waals surface area contributed by atoms with Gasteiger partial charge < -0.3 is 10.2 Å². The molecule has 19 heavy (non-hydrogen) atoms. The van der Waals surface area contributed by atoms with E-state index in [2.05, 4.69) is 28.2 Å². The fourth-order valence-electron chi connectivity index (χ4n) is 2.09. The summed E-state index contributed by atoms with van der Waals surface area (Å²) in [5.74, 6) is 0.178. The lowest BCUT2D eigenvalue weighted by atomic mass is 10.1. The molecular weight excluding hydrogens is 351 g/mol. The van der Waals surface area contributed by atoms with Crippen LogP contribution in [0.15, 0.2) is 22.7 Å². The molecule has 6 heteroatoms. The van der Waals surface area contributed by atoms with E-state index in [0.717, 1.165) is 29.7 Å². The highest BCUT2D eigenvalue weighted by Gasteiger charge is 2.20. The quantitative estimate of drug-likeness (QED) is 0.871. The first-order valence-electron chi connectivity index (χ1n) is 6.01. The van der Waals surface area contributed by atoms with Gasteiger partial charge in [-0.2, -0.15) is 0 Å². The number of carbonyl (C=O) groups excluding carboxylic acids is 1. The van der Waals surface area contributed by atoms with Gasteiger partial charge in [0.25, 0.3) is 0 Å². The van der Waals surface area contributed by atoms with Crippen LogP contribution in [0, 0.1) is 0 Å². The van der Waals surface area contributed by atoms with Crippen LogP contribution in [-0.4, -0.2) is 36.5 Å². The van der Waals surface area contributed by atoms with E-state index in [4.69, 9.17) is 11.6 Å².